The number of carbonyl (C=O) groups is 5. The zero-order chi connectivity index (χ0) is 30.2. The third kappa shape index (κ3) is 13.8. The van der Waals surface area contributed by atoms with E-state index in [2.05, 4.69) is 17.3 Å². The Morgan fingerprint density at radius 1 is 0.900 bits per heavy atom. The highest BCUT2D eigenvalue weighted by Crippen LogP contribution is 2.25. The van der Waals surface area contributed by atoms with E-state index in [-0.39, 0.29) is 17.1 Å². The number of likely N-dealkylation sites (N-methyl/N-ethyl adjacent to an activating group) is 1. The number of carboxylic acids is 2. The molecular weight excluding hydrogens is 544 g/mol. The van der Waals surface area contributed by atoms with Gasteiger partial charge in [0, 0.05) is 51.9 Å². The van der Waals surface area contributed by atoms with Gasteiger partial charge in [-0.25, -0.2) is 14.4 Å². The molecule has 2 fully saturated rings. The fraction of sp³-hybridized carbons (Fsp3) is 0.808. The minimum atomic E-state index is -2.27. The minimum absolute atomic E-state index is 0.0155. The molecule has 230 valence electrons. The summed E-state index contributed by atoms with van der Waals surface area (Å²) in [6.45, 7) is 7.67. The summed E-state index contributed by atoms with van der Waals surface area (Å²) in [6, 6.07) is -0.732. The highest BCUT2D eigenvalue weighted by Gasteiger charge is 2.29. The van der Waals surface area contributed by atoms with Crippen molar-refractivity contribution < 1.29 is 44.4 Å². The number of thioether (sulfide) groups is 1. The number of urea groups is 1. The van der Waals surface area contributed by atoms with Gasteiger partial charge >= 0.3 is 18.0 Å². The predicted molar refractivity (Wildman–Crippen MR) is 150 cm³/mol. The second-order valence-corrected chi connectivity index (χ2v) is 11.6. The smallest absolute Gasteiger partial charge is 0.335 e. The van der Waals surface area contributed by atoms with Crippen molar-refractivity contribution in [2.45, 2.75) is 77.0 Å². The van der Waals surface area contributed by atoms with E-state index >= 15 is 0 Å². The van der Waals surface area contributed by atoms with Crippen LogP contribution in [0.25, 0.3) is 0 Å². The molecule has 1 aliphatic heterocycles. The molecule has 0 aromatic rings. The molecule has 5 N–H and O–H groups in total. The van der Waals surface area contributed by atoms with Gasteiger partial charge in [0.2, 0.25) is 5.91 Å². The minimum Gasteiger partial charge on any atom is -0.479 e. The maximum Gasteiger partial charge on any atom is 0.335 e. The van der Waals surface area contributed by atoms with Gasteiger partial charge in [-0.15, -0.1) is 0 Å². The Hall–Kier alpha value is -2.42. The van der Waals surface area contributed by atoms with Crippen LogP contribution >= 0.6 is 11.8 Å². The molecule has 0 radical (unpaired) electrons. The SMILES string of the molecule is CC(=O)SCCN(CCC1CCCCCC1)C(=O)N[C@@H](C)C(=O)N1CCN(C)CC1.O=C(O)C(O)C(O)C(=O)O. The topological polar surface area (TPSA) is 188 Å². The monoisotopic (exact) mass is 590 g/mol. The maximum atomic E-state index is 13.0. The molecule has 0 spiro atoms. The second-order valence-electron chi connectivity index (χ2n) is 10.3. The molecule has 2 aliphatic rings. The van der Waals surface area contributed by atoms with Crippen molar-refractivity contribution in [2.75, 3.05) is 52.1 Å². The molecule has 0 bridgehead atoms. The molecule has 40 heavy (non-hydrogen) atoms. The van der Waals surface area contributed by atoms with Gasteiger partial charge in [0.1, 0.15) is 6.04 Å². The van der Waals surface area contributed by atoms with Gasteiger partial charge in [0.25, 0.3) is 0 Å². The van der Waals surface area contributed by atoms with E-state index in [1.165, 1.54) is 50.3 Å². The quantitative estimate of drug-likeness (QED) is 0.213. The first kappa shape index (κ1) is 35.6. The summed E-state index contributed by atoms with van der Waals surface area (Å²) in [5, 5.41) is 35.5. The van der Waals surface area contributed by atoms with Crippen LogP contribution in [0, 0.1) is 5.92 Å². The molecule has 1 heterocycles. The summed E-state index contributed by atoms with van der Waals surface area (Å²) in [6.07, 6.45) is 4.17. The van der Waals surface area contributed by atoms with Gasteiger partial charge in [-0.2, -0.15) is 0 Å². The highest BCUT2D eigenvalue weighted by molar-refractivity contribution is 8.13. The van der Waals surface area contributed by atoms with Crippen LogP contribution in [0.5, 0.6) is 0 Å². The van der Waals surface area contributed by atoms with Crippen LogP contribution in [0.1, 0.15) is 58.8 Å². The number of piperazine rings is 1. The van der Waals surface area contributed by atoms with E-state index in [1.54, 1.807) is 18.7 Å². The molecule has 3 atom stereocenters. The maximum absolute atomic E-state index is 13.0. The first-order valence-electron chi connectivity index (χ1n) is 13.8. The Labute approximate surface area is 240 Å². The van der Waals surface area contributed by atoms with Gasteiger partial charge in [0.05, 0.1) is 0 Å². The number of aliphatic hydroxyl groups is 2. The summed E-state index contributed by atoms with van der Waals surface area (Å²) < 4.78 is 0. The Morgan fingerprint density at radius 2 is 1.43 bits per heavy atom. The average molecular weight is 591 g/mol. The number of carbonyl (C=O) groups excluding carboxylic acids is 3. The molecule has 0 aromatic heterocycles. The zero-order valence-corrected chi connectivity index (χ0v) is 24.6. The molecule has 2 rings (SSSR count). The van der Waals surface area contributed by atoms with Crippen molar-refractivity contribution in [1.29, 1.82) is 0 Å². The van der Waals surface area contributed by atoms with Gasteiger partial charge in [0.15, 0.2) is 17.3 Å². The van der Waals surface area contributed by atoms with E-state index < -0.39 is 30.2 Å². The lowest BCUT2D eigenvalue weighted by Gasteiger charge is -2.34. The molecule has 2 unspecified atom stereocenters. The molecule has 1 saturated heterocycles. The number of hydrogen-bond donors (Lipinski definition) is 5. The van der Waals surface area contributed by atoms with Crippen LogP contribution in [-0.4, -0.2) is 134 Å². The van der Waals surface area contributed by atoms with Gasteiger partial charge in [-0.05, 0) is 26.3 Å². The number of carboxylic acid groups (broad SMARTS) is 2. The molecule has 0 aromatic carbocycles. The van der Waals surface area contributed by atoms with Crippen molar-refractivity contribution in [3.8, 4) is 0 Å². The third-order valence-electron chi connectivity index (χ3n) is 7.07. The van der Waals surface area contributed by atoms with Crippen molar-refractivity contribution in [3.05, 3.63) is 0 Å². The van der Waals surface area contributed by atoms with Crippen molar-refractivity contribution in [3.63, 3.8) is 0 Å². The molecule has 1 saturated carbocycles. The highest BCUT2D eigenvalue weighted by atomic mass is 32.2. The first-order chi connectivity index (χ1) is 18.8. The van der Waals surface area contributed by atoms with E-state index in [0.717, 1.165) is 19.5 Å². The normalized spacial score (nSPS) is 18.8. The lowest BCUT2D eigenvalue weighted by molar-refractivity contribution is -0.165. The summed E-state index contributed by atoms with van der Waals surface area (Å²) in [7, 11) is 2.05. The Kier molecular flexibility index (Phi) is 16.8. The van der Waals surface area contributed by atoms with E-state index in [9.17, 15) is 24.0 Å². The standard InChI is InChI=1S/C22H40N4O3S.C4H6O6/c1-18(21(28)25-14-12-24(3)13-15-25)23-22(29)26(16-17-30-19(2)27)11-10-20-8-6-4-5-7-9-20;5-1(3(7)8)2(6)4(9)10/h18,20H,4-17H2,1-3H3,(H,23,29);1-2,5-6H,(H,7,8)(H,9,10)/t18-;/m0./s1. The van der Waals surface area contributed by atoms with Crippen molar-refractivity contribution in [1.82, 2.24) is 20.0 Å². The van der Waals surface area contributed by atoms with E-state index in [4.69, 9.17) is 20.4 Å². The van der Waals surface area contributed by atoms with E-state index in [0.29, 0.717) is 37.8 Å². The first-order valence-corrected chi connectivity index (χ1v) is 14.8. The molecular formula is C26H46N4O9S. The summed E-state index contributed by atoms with van der Waals surface area (Å²) in [4.78, 5) is 62.4. The number of aliphatic hydroxyl groups excluding tert-OH is 2. The predicted octanol–water partition coefficient (Wildman–Crippen LogP) is 0.678. The molecule has 1 aliphatic carbocycles. The number of aliphatic carboxylic acids is 2. The molecule has 13 nitrogen and oxygen atoms in total. The van der Waals surface area contributed by atoms with Crippen LogP contribution in [0.2, 0.25) is 0 Å². The third-order valence-corrected chi connectivity index (χ3v) is 7.86. The van der Waals surface area contributed by atoms with Crippen LogP contribution in [0.15, 0.2) is 0 Å². The Bertz CT molecular complexity index is 813. The second kappa shape index (κ2) is 18.8. The van der Waals surface area contributed by atoms with Gasteiger partial charge in [-0.1, -0.05) is 50.3 Å². The van der Waals surface area contributed by atoms with Gasteiger partial charge < -0.3 is 40.4 Å². The van der Waals surface area contributed by atoms with Gasteiger partial charge in [-0.3, -0.25) is 9.59 Å². The lowest BCUT2D eigenvalue weighted by Crippen LogP contribution is -2.55. The summed E-state index contributed by atoms with van der Waals surface area (Å²) in [5.41, 5.74) is 0. The van der Waals surface area contributed by atoms with Crippen LogP contribution in [-0.2, 0) is 19.2 Å². The van der Waals surface area contributed by atoms with Crippen molar-refractivity contribution in [2.24, 2.45) is 5.92 Å². The zero-order valence-electron chi connectivity index (χ0n) is 23.8. The molecule has 3 amide bonds. The van der Waals surface area contributed by atoms with Crippen molar-refractivity contribution >= 4 is 40.8 Å². The number of nitrogens with one attached hydrogen (secondary N) is 1. The fourth-order valence-corrected chi connectivity index (χ4v) is 5.11. The largest absolute Gasteiger partial charge is 0.479 e. The Balaban J connectivity index is 0.000000680. The Morgan fingerprint density at radius 3 is 1.90 bits per heavy atom. The number of amides is 3. The van der Waals surface area contributed by atoms with Crippen LogP contribution in [0.4, 0.5) is 4.79 Å². The number of hydrogen-bond acceptors (Lipinski definition) is 9. The average Bonchev–Trinajstić information content (AvgIpc) is 3.18. The molecule has 14 heteroatoms. The number of nitrogens with zero attached hydrogens (tertiary/aromatic N) is 3. The lowest BCUT2D eigenvalue weighted by atomic mass is 9.96. The summed E-state index contributed by atoms with van der Waals surface area (Å²) in [5.74, 6) is -2.29. The van der Waals surface area contributed by atoms with Crippen LogP contribution in [0.3, 0.4) is 0 Å². The van der Waals surface area contributed by atoms with E-state index in [1.807, 2.05) is 4.90 Å². The number of rotatable bonds is 11. The summed E-state index contributed by atoms with van der Waals surface area (Å²) >= 11 is 1.25. The fourth-order valence-electron chi connectivity index (χ4n) is 4.51. The van der Waals surface area contributed by atoms with Crippen LogP contribution < -0.4 is 5.32 Å².